The quantitative estimate of drug-likeness (QED) is 0.485. The van der Waals surface area contributed by atoms with Gasteiger partial charge in [-0.1, -0.05) is 12.0 Å². The van der Waals surface area contributed by atoms with Crippen LogP contribution in [0.2, 0.25) is 0 Å². The minimum absolute atomic E-state index is 0.0515. The molecule has 0 saturated carbocycles. The highest BCUT2D eigenvalue weighted by atomic mass is 16.6. The van der Waals surface area contributed by atoms with Crippen LogP contribution in [-0.4, -0.2) is 36.5 Å². The second-order valence-electron chi connectivity index (χ2n) is 5.74. The van der Waals surface area contributed by atoms with Crippen LogP contribution >= 0.6 is 0 Å². The molecule has 0 spiro atoms. The molecule has 0 unspecified atom stereocenters. The molecule has 0 radical (unpaired) electrons. The molecule has 1 aliphatic heterocycles. The molecule has 1 saturated heterocycles. The lowest BCUT2D eigenvalue weighted by Crippen LogP contribution is -2.46. The van der Waals surface area contributed by atoms with Crippen molar-refractivity contribution in [3.63, 3.8) is 0 Å². The average molecular weight is 270 g/mol. The highest BCUT2D eigenvalue weighted by Gasteiger charge is 2.27. The van der Waals surface area contributed by atoms with Crippen molar-refractivity contribution in [3.05, 3.63) is 10.4 Å². The fourth-order valence-electron chi connectivity index (χ4n) is 1.90. The lowest BCUT2D eigenvalue weighted by Gasteiger charge is -2.32. The maximum Gasteiger partial charge on any atom is 0.407 e. The molecule has 0 aromatic heterocycles. The van der Waals surface area contributed by atoms with Gasteiger partial charge < -0.3 is 14.8 Å². The summed E-state index contributed by atoms with van der Waals surface area (Å²) in [4.78, 5) is 14.4. The molecule has 1 N–H and O–H groups in total. The molecule has 1 heterocycles. The Morgan fingerprint density at radius 1 is 1.53 bits per heavy atom. The van der Waals surface area contributed by atoms with Crippen LogP contribution in [0.15, 0.2) is 5.11 Å². The molecule has 108 valence electrons. The van der Waals surface area contributed by atoms with Gasteiger partial charge in [-0.15, -0.1) is 0 Å². The van der Waals surface area contributed by atoms with Crippen LogP contribution in [0.4, 0.5) is 4.79 Å². The largest absolute Gasteiger partial charge is 0.444 e. The van der Waals surface area contributed by atoms with E-state index in [0.717, 1.165) is 12.8 Å². The van der Waals surface area contributed by atoms with E-state index >= 15 is 0 Å². The fourth-order valence-corrected chi connectivity index (χ4v) is 1.90. The van der Waals surface area contributed by atoms with E-state index in [1.54, 1.807) is 0 Å². The molecular formula is C12H22N4O3. The summed E-state index contributed by atoms with van der Waals surface area (Å²) in [5.74, 6) is 0. The number of nitrogens with one attached hydrogen (secondary N) is 1. The van der Waals surface area contributed by atoms with E-state index in [9.17, 15) is 4.79 Å². The van der Waals surface area contributed by atoms with Gasteiger partial charge in [0, 0.05) is 4.91 Å². The Hall–Kier alpha value is -1.46. The number of azide groups is 1. The average Bonchev–Trinajstić information content (AvgIpc) is 2.27. The molecule has 3 atom stereocenters. The van der Waals surface area contributed by atoms with Crippen molar-refractivity contribution in [2.75, 3.05) is 6.61 Å². The zero-order valence-corrected chi connectivity index (χ0v) is 11.9. The van der Waals surface area contributed by atoms with Gasteiger partial charge in [0.2, 0.25) is 0 Å². The summed E-state index contributed by atoms with van der Waals surface area (Å²) in [5, 5.41) is 6.40. The summed E-state index contributed by atoms with van der Waals surface area (Å²) in [7, 11) is 0. The van der Waals surface area contributed by atoms with Gasteiger partial charge in [0.05, 0.1) is 24.8 Å². The molecule has 0 aromatic rings. The predicted molar refractivity (Wildman–Crippen MR) is 70.7 cm³/mol. The minimum atomic E-state index is -0.502. The molecule has 19 heavy (non-hydrogen) atoms. The topological polar surface area (TPSA) is 96.3 Å². The summed E-state index contributed by atoms with van der Waals surface area (Å²) in [6.45, 7) is 7.70. The van der Waals surface area contributed by atoms with E-state index in [4.69, 9.17) is 15.0 Å². The Balaban J connectivity index is 2.34. The third-order valence-corrected chi connectivity index (χ3v) is 2.80. The monoisotopic (exact) mass is 270 g/mol. The van der Waals surface area contributed by atoms with E-state index in [0.29, 0.717) is 6.61 Å². The van der Waals surface area contributed by atoms with Crippen molar-refractivity contribution in [1.82, 2.24) is 5.32 Å². The van der Waals surface area contributed by atoms with E-state index < -0.39 is 11.7 Å². The Labute approximate surface area is 113 Å². The van der Waals surface area contributed by atoms with Gasteiger partial charge in [-0.2, -0.15) is 0 Å². The van der Waals surface area contributed by atoms with Gasteiger partial charge in [-0.3, -0.25) is 0 Å². The van der Waals surface area contributed by atoms with E-state index in [2.05, 4.69) is 15.3 Å². The first-order valence-electron chi connectivity index (χ1n) is 6.47. The van der Waals surface area contributed by atoms with Gasteiger partial charge in [0.25, 0.3) is 0 Å². The van der Waals surface area contributed by atoms with Crippen molar-refractivity contribution in [1.29, 1.82) is 0 Å². The second-order valence-corrected chi connectivity index (χ2v) is 5.74. The highest BCUT2D eigenvalue weighted by molar-refractivity contribution is 5.68. The normalized spacial score (nSPS) is 25.1. The van der Waals surface area contributed by atoms with Gasteiger partial charge >= 0.3 is 6.09 Å². The number of nitrogens with zero attached hydrogens (tertiary/aromatic N) is 3. The predicted octanol–water partition coefficient (Wildman–Crippen LogP) is 2.76. The van der Waals surface area contributed by atoms with Crippen LogP contribution in [-0.2, 0) is 9.47 Å². The van der Waals surface area contributed by atoms with E-state index in [-0.39, 0.29) is 18.2 Å². The summed E-state index contributed by atoms with van der Waals surface area (Å²) in [6.07, 6.45) is 1.03. The van der Waals surface area contributed by atoms with Crippen LogP contribution in [0.3, 0.4) is 0 Å². The molecule has 1 aliphatic rings. The van der Waals surface area contributed by atoms with Gasteiger partial charge in [0.1, 0.15) is 5.60 Å². The third kappa shape index (κ3) is 5.81. The van der Waals surface area contributed by atoms with Crippen LogP contribution in [0.25, 0.3) is 10.4 Å². The summed E-state index contributed by atoms with van der Waals surface area (Å²) in [6, 6.07) is -0.239. The standard InChI is InChI=1S/C12H22N4O3/c1-8(15-16-13)10-6-5-9(7-18-10)14-11(17)19-12(2,3)4/h8-10H,5-7H2,1-4H3,(H,14,17)/t8-,9-,10+/m1/s1. The molecule has 7 heteroatoms. The van der Waals surface area contributed by atoms with Gasteiger partial charge in [-0.25, -0.2) is 4.79 Å². The summed E-state index contributed by atoms with van der Waals surface area (Å²) in [5.41, 5.74) is 7.87. The summed E-state index contributed by atoms with van der Waals surface area (Å²) < 4.78 is 10.8. The first kappa shape index (κ1) is 15.6. The van der Waals surface area contributed by atoms with Gasteiger partial charge in [-0.05, 0) is 39.1 Å². The van der Waals surface area contributed by atoms with Crippen LogP contribution in [0.1, 0.15) is 40.5 Å². The van der Waals surface area contributed by atoms with Crippen LogP contribution in [0, 0.1) is 0 Å². The van der Waals surface area contributed by atoms with E-state index in [1.807, 2.05) is 27.7 Å². The number of carbonyl (C=O) groups excluding carboxylic acids is 1. The second kappa shape index (κ2) is 6.63. The Bertz CT molecular complexity index is 352. The zero-order chi connectivity index (χ0) is 14.5. The molecule has 0 aromatic carbocycles. The number of ether oxygens (including phenoxy) is 2. The number of alkyl carbamates (subject to hydrolysis) is 1. The van der Waals surface area contributed by atoms with Gasteiger partial charge in [0.15, 0.2) is 0 Å². The molecular weight excluding hydrogens is 248 g/mol. The Morgan fingerprint density at radius 2 is 2.21 bits per heavy atom. The number of carbonyl (C=O) groups is 1. The third-order valence-electron chi connectivity index (χ3n) is 2.80. The van der Waals surface area contributed by atoms with Crippen molar-refractivity contribution in [2.24, 2.45) is 5.11 Å². The lowest BCUT2D eigenvalue weighted by atomic mass is 10.0. The zero-order valence-electron chi connectivity index (χ0n) is 11.9. The van der Waals surface area contributed by atoms with E-state index in [1.165, 1.54) is 0 Å². The molecule has 0 bridgehead atoms. The van der Waals surface area contributed by atoms with Crippen molar-refractivity contribution < 1.29 is 14.3 Å². The SMILES string of the molecule is C[C@@H](N=[N+]=[N-])[C@@H]1CC[C@@H](NC(=O)OC(C)(C)C)CO1. The Morgan fingerprint density at radius 3 is 2.68 bits per heavy atom. The number of amides is 1. The number of hydrogen-bond acceptors (Lipinski definition) is 4. The molecule has 1 fully saturated rings. The van der Waals surface area contributed by atoms with Crippen molar-refractivity contribution in [3.8, 4) is 0 Å². The van der Waals surface area contributed by atoms with Crippen molar-refractivity contribution >= 4 is 6.09 Å². The minimum Gasteiger partial charge on any atom is -0.444 e. The number of rotatable bonds is 3. The first-order chi connectivity index (χ1) is 8.81. The highest BCUT2D eigenvalue weighted by Crippen LogP contribution is 2.19. The fraction of sp³-hybridized carbons (Fsp3) is 0.917. The van der Waals surface area contributed by atoms with Crippen LogP contribution in [0.5, 0.6) is 0 Å². The number of hydrogen-bond donors (Lipinski definition) is 1. The molecule has 7 nitrogen and oxygen atoms in total. The molecule has 1 amide bonds. The first-order valence-corrected chi connectivity index (χ1v) is 6.47. The summed E-state index contributed by atoms with van der Waals surface area (Å²) >= 11 is 0. The lowest BCUT2D eigenvalue weighted by molar-refractivity contribution is -0.0170. The Kier molecular flexibility index (Phi) is 5.44. The maximum atomic E-state index is 11.6. The molecule has 1 rings (SSSR count). The maximum absolute atomic E-state index is 11.6. The smallest absolute Gasteiger partial charge is 0.407 e. The van der Waals surface area contributed by atoms with Crippen molar-refractivity contribution in [2.45, 2.75) is 64.3 Å². The molecule has 0 aliphatic carbocycles. The van der Waals surface area contributed by atoms with Crippen LogP contribution < -0.4 is 5.32 Å².